The number of methoxy groups -OCH3 is 1. The fraction of sp³-hybridized carbons (Fsp3) is 0.579. The lowest BCUT2D eigenvalue weighted by Crippen LogP contribution is -2.44. The van der Waals surface area contributed by atoms with E-state index in [-0.39, 0.29) is 12.5 Å². The molecule has 138 valence electrons. The van der Waals surface area contributed by atoms with Crippen molar-refractivity contribution < 1.29 is 24.2 Å². The smallest absolute Gasteiger partial charge is 0.311 e. The summed E-state index contributed by atoms with van der Waals surface area (Å²) in [4.78, 5) is 24.3. The number of carboxylic acid groups (broad SMARTS) is 1. The molecule has 1 fully saturated rings. The van der Waals surface area contributed by atoms with Crippen LogP contribution in [-0.2, 0) is 4.79 Å². The first kappa shape index (κ1) is 19.1. The molecule has 0 bridgehead atoms. The van der Waals surface area contributed by atoms with Crippen LogP contribution in [0.1, 0.15) is 55.8 Å². The van der Waals surface area contributed by atoms with Gasteiger partial charge in [0, 0.05) is 12.6 Å². The average Bonchev–Trinajstić information content (AvgIpc) is 2.64. The predicted molar refractivity (Wildman–Crippen MR) is 94.3 cm³/mol. The molecular weight excluding hydrogens is 322 g/mol. The van der Waals surface area contributed by atoms with Crippen LogP contribution in [0.15, 0.2) is 18.2 Å². The van der Waals surface area contributed by atoms with Crippen LogP contribution in [0.5, 0.6) is 11.5 Å². The van der Waals surface area contributed by atoms with Gasteiger partial charge in [0.1, 0.15) is 11.5 Å². The molecule has 6 heteroatoms. The van der Waals surface area contributed by atoms with E-state index in [2.05, 4.69) is 5.32 Å². The number of carbonyl (C=O) groups excluding carboxylic acids is 1. The number of nitrogens with one attached hydrogen (secondary N) is 1. The van der Waals surface area contributed by atoms with E-state index in [9.17, 15) is 14.7 Å². The molecule has 1 aliphatic carbocycles. The Hall–Kier alpha value is -2.24. The summed E-state index contributed by atoms with van der Waals surface area (Å²) < 4.78 is 10.8. The van der Waals surface area contributed by atoms with E-state index < -0.39 is 11.4 Å². The first-order valence-electron chi connectivity index (χ1n) is 8.85. The summed E-state index contributed by atoms with van der Waals surface area (Å²) in [6, 6.07) is 5.02. The van der Waals surface area contributed by atoms with E-state index in [1.807, 2.05) is 6.92 Å². The van der Waals surface area contributed by atoms with Crippen molar-refractivity contribution >= 4 is 11.9 Å². The maximum absolute atomic E-state index is 12.6. The van der Waals surface area contributed by atoms with Crippen molar-refractivity contribution in [2.45, 2.75) is 45.4 Å². The molecule has 0 heterocycles. The van der Waals surface area contributed by atoms with Crippen molar-refractivity contribution in [3.63, 3.8) is 0 Å². The van der Waals surface area contributed by atoms with Gasteiger partial charge in [-0.2, -0.15) is 0 Å². The fourth-order valence-corrected chi connectivity index (χ4v) is 3.19. The van der Waals surface area contributed by atoms with E-state index in [0.717, 1.165) is 25.7 Å². The predicted octanol–water partition coefficient (Wildman–Crippen LogP) is 3.25. The molecule has 1 aliphatic rings. The Balaban J connectivity index is 2.12. The maximum Gasteiger partial charge on any atom is 0.311 e. The molecule has 1 aromatic carbocycles. The Morgan fingerprint density at radius 2 is 1.96 bits per heavy atom. The summed E-state index contributed by atoms with van der Waals surface area (Å²) in [5.41, 5.74) is -0.462. The van der Waals surface area contributed by atoms with Crippen molar-refractivity contribution in [1.29, 1.82) is 0 Å². The molecule has 0 atom stereocenters. The number of hydrogen-bond donors (Lipinski definition) is 2. The largest absolute Gasteiger partial charge is 0.497 e. The van der Waals surface area contributed by atoms with Crippen LogP contribution in [0.25, 0.3) is 0 Å². The van der Waals surface area contributed by atoms with Crippen molar-refractivity contribution in [2.75, 3.05) is 20.3 Å². The first-order valence-corrected chi connectivity index (χ1v) is 8.85. The summed E-state index contributed by atoms with van der Waals surface area (Å²) >= 11 is 0. The van der Waals surface area contributed by atoms with E-state index in [4.69, 9.17) is 9.47 Å². The van der Waals surface area contributed by atoms with Crippen LogP contribution in [0.4, 0.5) is 0 Å². The fourth-order valence-electron chi connectivity index (χ4n) is 3.19. The van der Waals surface area contributed by atoms with Gasteiger partial charge < -0.3 is 19.9 Å². The zero-order chi connectivity index (χ0) is 18.3. The third kappa shape index (κ3) is 4.65. The Morgan fingerprint density at radius 1 is 1.24 bits per heavy atom. The van der Waals surface area contributed by atoms with Crippen molar-refractivity contribution in [3.8, 4) is 11.5 Å². The van der Waals surface area contributed by atoms with Crippen LogP contribution >= 0.6 is 0 Å². The lowest BCUT2D eigenvalue weighted by Gasteiger charge is -2.33. The van der Waals surface area contributed by atoms with Gasteiger partial charge in [-0.25, -0.2) is 0 Å². The normalized spacial score (nSPS) is 16.1. The number of hydrogen-bond acceptors (Lipinski definition) is 4. The number of carbonyl (C=O) groups is 2. The summed E-state index contributed by atoms with van der Waals surface area (Å²) in [6.07, 6.45) is 4.84. The van der Waals surface area contributed by atoms with E-state index >= 15 is 0 Å². The minimum Gasteiger partial charge on any atom is -0.497 e. The third-order valence-corrected chi connectivity index (χ3v) is 4.75. The lowest BCUT2D eigenvalue weighted by atomic mass is 9.74. The topological polar surface area (TPSA) is 84.9 Å². The van der Waals surface area contributed by atoms with Gasteiger partial charge in [-0.1, -0.05) is 26.2 Å². The minimum atomic E-state index is -0.856. The number of aliphatic carboxylic acids is 1. The zero-order valence-electron chi connectivity index (χ0n) is 15.0. The monoisotopic (exact) mass is 349 g/mol. The highest BCUT2D eigenvalue weighted by Crippen LogP contribution is 2.36. The van der Waals surface area contributed by atoms with Gasteiger partial charge in [-0.15, -0.1) is 0 Å². The molecule has 0 saturated heterocycles. The minimum absolute atomic E-state index is 0.139. The van der Waals surface area contributed by atoms with Crippen LogP contribution < -0.4 is 14.8 Å². The van der Waals surface area contributed by atoms with Gasteiger partial charge in [-0.3, -0.25) is 9.59 Å². The SMILES string of the molecule is CCCOc1cc(OC)ccc1C(=O)NCC1(C(=O)O)CCCCC1. The first-order chi connectivity index (χ1) is 12.0. The lowest BCUT2D eigenvalue weighted by molar-refractivity contribution is -0.150. The number of benzene rings is 1. The van der Waals surface area contributed by atoms with Gasteiger partial charge in [0.25, 0.3) is 5.91 Å². The standard InChI is InChI=1S/C19H27NO5/c1-3-11-25-16-12-14(24-2)7-8-15(16)17(21)20-13-19(18(22)23)9-5-4-6-10-19/h7-8,12H,3-6,9-11,13H2,1-2H3,(H,20,21)(H,22,23). The Morgan fingerprint density at radius 3 is 2.56 bits per heavy atom. The van der Waals surface area contributed by atoms with Gasteiger partial charge >= 0.3 is 5.97 Å². The van der Waals surface area contributed by atoms with Gasteiger partial charge in [0.2, 0.25) is 0 Å². The maximum atomic E-state index is 12.6. The summed E-state index contributed by atoms with van der Waals surface area (Å²) in [5, 5.41) is 12.4. The van der Waals surface area contributed by atoms with E-state index in [1.54, 1.807) is 25.3 Å². The van der Waals surface area contributed by atoms with E-state index in [0.29, 0.717) is 36.5 Å². The summed E-state index contributed by atoms with van der Waals surface area (Å²) in [7, 11) is 1.55. The molecule has 0 aliphatic heterocycles. The molecular formula is C19H27NO5. The molecule has 0 spiro atoms. The molecule has 2 rings (SSSR count). The Bertz CT molecular complexity index is 608. The van der Waals surface area contributed by atoms with Crippen LogP contribution in [0.2, 0.25) is 0 Å². The van der Waals surface area contributed by atoms with Crippen molar-refractivity contribution in [2.24, 2.45) is 5.41 Å². The number of carboxylic acids is 1. The number of rotatable bonds is 8. The van der Waals surface area contributed by atoms with Gasteiger partial charge in [-0.05, 0) is 31.4 Å². The average molecular weight is 349 g/mol. The molecule has 2 N–H and O–H groups in total. The number of amides is 1. The Kier molecular flexibility index (Phi) is 6.67. The molecule has 0 unspecified atom stereocenters. The second kappa shape index (κ2) is 8.74. The third-order valence-electron chi connectivity index (χ3n) is 4.75. The molecule has 25 heavy (non-hydrogen) atoms. The van der Waals surface area contributed by atoms with Gasteiger partial charge in [0.05, 0.1) is 24.7 Å². The summed E-state index contributed by atoms with van der Waals surface area (Å²) in [6.45, 7) is 2.62. The molecule has 1 aromatic rings. The zero-order valence-corrected chi connectivity index (χ0v) is 15.0. The van der Waals surface area contributed by atoms with Crippen LogP contribution in [-0.4, -0.2) is 37.2 Å². The Labute approximate surface area is 148 Å². The molecule has 6 nitrogen and oxygen atoms in total. The highest BCUT2D eigenvalue weighted by Gasteiger charge is 2.39. The quantitative estimate of drug-likeness (QED) is 0.752. The van der Waals surface area contributed by atoms with Crippen LogP contribution in [0, 0.1) is 5.41 Å². The molecule has 0 aromatic heterocycles. The molecule has 1 saturated carbocycles. The van der Waals surface area contributed by atoms with Crippen LogP contribution in [0.3, 0.4) is 0 Å². The highest BCUT2D eigenvalue weighted by molar-refractivity contribution is 5.97. The molecule has 1 amide bonds. The van der Waals surface area contributed by atoms with Gasteiger partial charge in [0.15, 0.2) is 0 Å². The van der Waals surface area contributed by atoms with Crippen molar-refractivity contribution in [1.82, 2.24) is 5.32 Å². The molecule has 0 radical (unpaired) electrons. The number of ether oxygens (including phenoxy) is 2. The van der Waals surface area contributed by atoms with Crippen molar-refractivity contribution in [3.05, 3.63) is 23.8 Å². The summed E-state index contributed by atoms with van der Waals surface area (Å²) in [5.74, 6) is -0.0895. The highest BCUT2D eigenvalue weighted by atomic mass is 16.5. The second-order valence-electron chi connectivity index (χ2n) is 6.54. The van der Waals surface area contributed by atoms with E-state index in [1.165, 1.54) is 0 Å². The second-order valence-corrected chi connectivity index (χ2v) is 6.54.